The molecule has 1 N–H and O–H groups in total. The second-order valence-electron chi connectivity index (χ2n) is 7.38. The summed E-state index contributed by atoms with van der Waals surface area (Å²) in [5.41, 5.74) is 3.96. The van der Waals surface area contributed by atoms with Crippen molar-refractivity contribution in [2.24, 2.45) is 0 Å². The number of fused-ring (bicyclic) bond motifs is 2. The van der Waals surface area contributed by atoms with Gasteiger partial charge in [0.05, 0.1) is 30.9 Å². The van der Waals surface area contributed by atoms with Crippen molar-refractivity contribution < 1.29 is 28.6 Å². The molecule has 2 aliphatic rings. The van der Waals surface area contributed by atoms with E-state index in [1.165, 1.54) is 7.11 Å². The van der Waals surface area contributed by atoms with Crippen molar-refractivity contribution in [2.45, 2.75) is 19.8 Å². The van der Waals surface area contributed by atoms with Crippen LogP contribution in [-0.4, -0.2) is 38.0 Å². The van der Waals surface area contributed by atoms with Crippen LogP contribution in [0.3, 0.4) is 0 Å². The van der Waals surface area contributed by atoms with Crippen LogP contribution in [0.25, 0.3) is 5.70 Å². The Balaban J connectivity index is 1.85. The minimum absolute atomic E-state index is 0.165. The molecule has 7 heteroatoms. The number of ether oxygens (including phenoxy) is 3. The molecule has 7 nitrogen and oxygen atoms in total. The van der Waals surface area contributed by atoms with E-state index in [9.17, 15) is 14.4 Å². The lowest BCUT2D eigenvalue weighted by molar-refractivity contribution is -0.145. The first kappa shape index (κ1) is 21.4. The molecule has 2 aromatic rings. The molecular formula is C25H23NO6. The predicted molar refractivity (Wildman–Crippen MR) is 117 cm³/mol. The van der Waals surface area contributed by atoms with Crippen LogP contribution in [-0.2, 0) is 19.1 Å². The van der Waals surface area contributed by atoms with Gasteiger partial charge in [-0.1, -0.05) is 42.5 Å². The van der Waals surface area contributed by atoms with Crippen molar-refractivity contribution in [1.29, 1.82) is 0 Å². The summed E-state index contributed by atoms with van der Waals surface area (Å²) in [4.78, 5) is 38.1. The second-order valence-corrected chi connectivity index (χ2v) is 7.38. The first-order chi connectivity index (χ1) is 15.5. The zero-order valence-electron chi connectivity index (χ0n) is 18.1. The molecule has 0 bridgehead atoms. The highest BCUT2D eigenvalue weighted by atomic mass is 16.6. The molecule has 1 atom stereocenters. The molecule has 1 aliphatic carbocycles. The van der Waals surface area contributed by atoms with Crippen molar-refractivity contribution in [3.8, 4) is 5.75 Å². The lowest BCUT2D eigenvalue weighted by Crippen LogP contribution is -2.29. The summed E-state index contributed by atoms with van der Waals surface area (Å²) in [6.07, 6.45) is 0. The van der Waals surface area contributed by atoms with Crippen LogP contribution in [0.2, 0.25) is 0 Å². The molecule has 1 heterocycles. The van der Waals surface area contributed by atoms with Crippen molar-refractivity contribution >= 4 is 23.4 Å². The van der Waals surface area contributed by atoms with Crippen molar-refractivity contribution in [2.75, 3.05) is 20.3 Å². The van der Waals surface area contributed by atoms with Crippen LogP contribution >= 0.6 is 0 Å². The largest absolute Gasteiger partial charge is 0.482 e. The van der Waals surface area contributed by atoms with E-state index < -0.39 is 17.9 Å². The van der Waals surface area contributed by atoms with Gasteiger partial charge in [0.1, 0.15) is 5.75 Å². The third kappa shape index (κ3) is 3.56. The van der Waals surface area contributed by atoms with Crippen molar-refractivity contribution in [3.05, 3.63) is 82.1 Å². The monoisotopic (exact) mass is 433 g/mol. The third-order valence-electron chi connectivity index (χ3n) is 5.54. The summed E-state index contributed by atoms with van der Waals surface area (Å²) in [6.45, 7) is 3.45. The van der Waals surface area contributed by atoms with E-state index in [4.69, 9.17) is 14.2 Å². The van der Waals surface area contributed by atoms with Crippen LogP contribution in [0.5, 0.6) is 5.75 Å². The number of rotatable bonds is 6. The van der Waals surface area contributed by atoms with Gasteiger partial charge in [-0.3, -0.25) is 4.79 Å². The van der Waals surface area contributed by atoms with Crippen molar-refractivity contribution in [3.63, 3.8) is 0 Å². The topological polar surface area (TPSA) is 90.9 Å². The molecule has 4 rings (SSSR count). The van der Waals surface area contributed by atoms with Gasteiger partial charge in [0, 0.05) is 28.0 Å². The number of esters is 2. The van der Waals surface area contributed by atoms with Gasteiger partial charge in [0.25, 0.3) is 0 Å². The lowest BCUT2D eigenvalue weighted by Gasteiger charge is -2.30. The van der Waals surface area contributed by atoms with Gasteiger partial charge in [-0.2, -0.15) is 0 Å². The molecule has 0 saturated heterocycles. The minimum Gasteiger partial charge on any atom is -0.482 e. The summed E-state index contributed by atoms with van der Waals surface area (Å²) in [6, 6.07) is 14.4. The molecule has 32 heavy (non-hydrogen) atoms. The number of methoxy groups -OCH3 is 1. The van der Waals surface area contributed by atoms with Gasteiger partial charge in [0.15, 0.2) is 12.4 Å². The van der Waals surface area contributed by atoms with Crippen LogP contribution in [0.4, 0.5) is 0 Å². The fourth-order valence-electron chi connectivity index (χ4n) is 4.21. The quantitative estimate of drug-likeness (QED) is 0.699. The number of nitrogens with one attached hydrogen (secondary N) is 1. The predicted octanol–water partition coefficient (Wildman–Crippen LogP) is 3.37. The number of hydrogen-bond acceptors (Lipinski definition) is 7. The molecule has 164 valence electrons. The third-order valence-corrected chi connectivity index (χ3v) is 5.54. The number of ketones is 1. The number of benzene rings is 2. The number of hydrogen-bond donors (Lipinski definition) is 1. The molecular weight excluding hydrogens is 410 g/mol. The SMILES string of the molecule is CCOC(=O)COc1ccccc1[C@@H]1C(C(=O)OC)=C(C)NC2=C1C(=O)c1ccccc12. The van der Waals surface area contributed by atoms with E-state index in [1.54, 1.807) is 44.2 Å². The summed E-state index contributed by atoms with van der Waals surface area (Å²) >= 11 is 0. The van der Waals surface area contributed by atoms with E-state index >= 15 is 0 Å². The fraction of sp³-hybridized carbons (Fsp3) is 0.240. The fourth-order valence-corrected chi connectivity index (χ4v) is 4.21. The van der Waals surface area contributed by atoms with Gasteiger partial charge >= 0.3 is 11.9 Å². The molecule has 0 saturated carbocycles. The smallest absolute Gasteiger partial charge is 0.344 e. The maximum Gasteiger partial charge on any atom is 0.344 e. The first-order valence-corrected chi connectivity index (χ1v) is 10.3. The Labute approximate surface area is 185 Å². The Kier molecular flexibility index (Phi) is 5.81. The van der Waals surface area contributed by atoms with Gasteiger partial charge in [-0.25, -0.2) is 9.59 Å². The van der Waals surface area contributed by atoms with E-state index in [0.29, 0.717) is 39.4 Å². The van der Waals surface area contributed by atoms with E-state index in [1.807, 2.05) is 18.2 Å². The van der Waals surface area contributed by atoms with Gasteiger partial charge < -0.3 is 19.5 Å². The van der Waals surface area contributed by atoms with Crippen molar-refractivity contribution in [1.82, 2.24) is 5.32 Å². The van der Waals surface area contributed by atoms with E-state index in [-0.39, 0.29) is 19.0 Å². The Hall–Kier alpha value is -3.87. The van der Waals surface area contributed by atoms with E-state index in [2.05, 4.69) is 5.32 Å². The normalized spacial score (nSPS) is 16.8. The number of para-hydroxylation sites is 1. The molecule has 1 aliphatic heterocycles. The number of carbonyl (C=O) groups is 3. The molecule has 0 fully saturated rings. The maximum absolute atomic E-state index is 13.5. The highest BCUT2D eigenvalue weighted by molar-refractivity contribution is 6.23. The average Bonchev–Trinajstić information content (AvgIpc) is 3.08. The number of Topliss-reactive ketones (excluding diaryl/α,β-unsaturated/α-hetero) is 1. The highest BCUT2D eigenvalue weighted by Crippen LogP contribution is 2.48. The Morgan fingerprint density at radius 3 is 2.44 bits per heavy atom. The van der Waals surface area contributed by atoms with Gasteiger partial charge in [-0.15, -0.1) is 0 Å². The zero-order chi connectivity index (χ0) is 22.8. The molecule has 0 aromatic heterocycles. The number of dihydropyridines is 1. The Bertz CT molecular complexity index is 1180. The summed E-state index contributed by atoms with van der Waals surface area (Å²) in [7, 11) is 1.30. The van der Waals surface area contributed by atoms with Crippen LogP contribution in [0, 0.1) is 0 Å². The molecule has 0 amide bonds. The van der Waals surface area contributed by atoms with Gasteiger partial charge in [0.2, 0.25) is 0 Å². The summed E-state index contributed by atoms with van der Waals surface area (Å²) in [5.74, 6) is -1.55. The van der Waals surface area contributed by atoms with Crippen LogP contribution < -0.4 is 10.1 Å². The lowest BCUT2D eigenvalue weighted by atomic mass is 9.79. The standard InChI is InChI=1S/C25H23NO6/c1-4-31-19(27)13-32-18-12-8-7-11-17(18)21-20(25(29)30-3)14(2)26-23-15-9-5-6-10-16(15)24(28)22(21)23/h5-12,21,26H,4,13H2,1-3H3/t21-/m1/s1. The molecule has 0 spiro atoms. The highest BCUT2D eigenvalue weighted by Gasteiger charge is 2.43. The molecule has 0 radical (unpaired) electrons. The maximum atomic E-state index is 13.5. The molecule has 2 aromatic carbocycles. The van der Waals surface area contributed by atoms with Crippen LogP contribution in [0.1, 0.15) is 41.3 Å². The Morgan fingerprint density at radius 1 is 1.03 bits per heavy atom. The Morgan fingerprint density at radius 2 is 1.72 bits per heavy atom. The summed E-state index contributed by atoms with van der Waals surface area (Å²) in [5, 5.41) is 3.24. The molecule has 0 unspecified atom stereocenters. The van der Waals surface area contributed by atoms with Crippen LogP contribution in [0.15, 0.2) is 65.4 Å². The second kappa shape index (κ2) is 8.70. The minimum atomic E-state index is -0.725. The number of allylic oxidation sites excluding steroid dienone is 2. The zero-order valence-corrected chi connectivity index (χ0v) is 18.1. The van der Waals surface area contributed by atoms with Gasteiger partial charge in [-0.05, 0) is 19.9 Å². The first-order valence-electron chi connectivity index (χ1n) is 10.3. The number of carbonyl (C=O) groups excluding carboxylic acids is 3. The van der Waals surface area contributed by atoms with E-state index in [0.717, 1.165) is 5.56 Å². The average molecular weight is 433 g/mol. The summed E-state index contributed by atoms with van der Waals surface area (Å²) < 4.78 is 15.8.